The number of piperidine rings is 1. The summed E-state index contributed by atoms with van der Waals surface area (Å²) in [5, 5.41) is 3.95. The number of sulfonamides is 1. The van der Waals surface area contributed by atoms with Crippen LogP contribution in [0.3, 0.4) is 0 Å². The lowest BCUT2D eigenvalue weighted by molar-refractivity contribution is 0.243. The Bertz CT molecular complexity index is 903. The first-order chi connectivity index (χ1) is 13.5. The third-order valence-electron chi connectivity index (χ3n) is 6.13. The summed E-state index contributed by atoms with van der Waals surface area (Å²) in [5.74, 6) is 1.44. The van der Waals surface area contributed by atoms with E-state index in [1.807, 2.05) is 31.2 Å². The van der Waals surface area contributed by atoms with Gasteiger partial charge in [-0.3, -0.25) is 0 Å². The predicted octanol–water partition coefficient (Wildman–Crippen LogP) is 3.96. The van der Waals surface area contributed by atoms with Crippen LogP contribution in [-0.4, -0.2) is 41.2 Å². The van der Waals surface area contributed by atoms with Gasteiger partial charge in [-0.05, 0) is 44.1 Å². The SMILES string of the molecule is Cc1ccccc1-c1noc(CC2CCCN(S(=O)(=O)C3CCCCC3)C2)n1. The Morgan fingerprint density at radius 1 is 1.11 bits per heavy atom. The van der Waals surface area contributed by atoms with Gasteiger partial charge in [-0.15, -0.1) is 0 Å². The summed E-state index contributed by atoms with van der Waals surface area (Å²) in [6.07, 6.45) is 7.38. The fourth-order valence-corrected chi connectivity index (χ4v) is 6.67. The average Bonchev–Trinajstić information content (AvgIpc) is 3.17. The monoisotopic (exact) mass is 403 g/mol. The standard InChI is InChI=1S/C21H29N3O3S/c1-16-8-5-6-12-19(16)21-22-20(27-23-21)14-17-9-7-13-24(15-17)28(25,26)18-10-3-2-4-11-18/h5-6,8,12,17-18H,2-4,7,9-11,13-15H2,1H3. The first-order valence-electron chi connectivity index (χ1n) is 10.4. The molecule has 1 saturated carbocycles. The highest BCUT2D eigenvalue weighted by molar-refractivity contribution is 7.89. The lowest BCUT2D eigenvalue weighted by Gasteiger charge is -2.35. The largest absolute Gasteiger partial charge is 0.339 e. The van der Waals surface area contributed by atoms with Gasteiger partial charge in [-0.1, -0.05) is 48.7 Å². The minimum absolute atomic E-state index is 0.184. The van der Waals surface area contributed by atoms with E-state index in [4.69, 9.17) is 4.52 Å². The van der Waals surface area contributed by atoms with Crippen LogP contribution in [0.4, 0.5) is 0 Å². The maximum Gasteiger partial charge on any atom is 0.227 e. The number of aromatic nitrogens is 2. The van der Waals surface area contributed by atoms with Crippen molar-refractivity contribution >= 4 is 10.0 Å². The summed E-state index contributed by atoms with van der Waals surface area (Å²) in [4.78, 5) is 4.57. The van der Waals surface area contributed by atoms with E-state index in [9.17, 15) is 8.42 Å². The highest BCUT2D eigenvalue weighted by Crippen LogP contribution is 2.30. The molecule has 28 heavy (non-hydrogen) atoms. The van der Waals surface area contributed by atoms with Crippen LogP contribution in [0.5, 0.6) is 0 Å². The molecule has 1 aromatic heterocycles. The second kappa shape index (κ2) is 8.33. The first-order valence-corrected chi connectivity index (χ1v) is 11.9. The van der Waals surface area contributed by atoms with Gasteiger partial charge in [-0.2, -0.15) is 4.98 Å². The fourth-order valence-electron chi connectivity index (χ4n) is 4.52. The molecule has 2 fully saturated rings. The topological polar surface area (TPSA) is 76.3 Å². The molecule has 1 saturated heterocycles. The summed E-state index contributed by atoms with van der Waals surface area (Å²) in [6.45, 7) is 3.25. The van der Waals surface area contributed by atoms with Crippen molar-refractivity contribution in [3.63, 3.8) is 0 Å². The lowest BCUT2D eigenvalue weighted by Crippen LogP contribution is -2.45. The molecule has 2 aliphatic rings. The molecule has 4 rings (SSSR count). The molecule has 0 amide bonds. The zero-order valence-corrected chi connectivity index (χ0v) is 17.3. The van der Waals surface area contributed by atoms with Gasteiger partial charge in [0.1, 0.15) is 0 Å². The smallest absolute Gasteiger partial charge is 0.227 e. The highest BCUT2D eigenvalue weighted by Gasteiger charge is 2.36. The van der Waals surface area contributed by atoms with Crippen molar-refractivity contribution in [2.24, 2.45) is 5.92 Å². The van der Waals surface area contributed by atoms with Crippen molar-refractivity contribution in [2.75, 3.05) is 13.1 Å². The number of nitrogens with zero attached hydrogens (tertiary/aromatic N) is 3. The summed E-state index contributed by atoms with van der Waals surface area (Å²) in [5.41, 5.74) is 2.08. The third-order valence-corrected chi connectivity index (χ3v) is 8.50. The van der Waals surface area contributed by atoms with Crippen molar-refractivity contribution in [1.82, 2.24) is 14.4 Å². The molecule has 1 atom stereocenters. The summed E-state index contributed by atoms with van der Waals surface area (Å²) in [6, 6.07) is 7.97. The van der Waals surface area contributed by atoms with E-state index in [0.717, 1.165) is 56.1 Å². The van der Waals surface area contributed by atoms with Gasteiger partial charge < -0.3 is 4.52 Å². The molecule has 7 heteroatoms. The van der Waals surface area contributed by atoms with Crippen molar-refractivity contribution < 1.29 is 12.9 Å². The van der Waals surface area contributed by atoms with Gasteiger partial charge in [-0.25, -0.2) is 12.7 Å². The molecule has 1 aliphatic heterocycles. The van der Waals surface area contributed by atoms with Crippen LogP contribution in [-0.2, 0) is 16.4 Å². The second-order valence-corrected chi connectivity index (χ2v) is 10.4. The molecular weight excluding hydrogens is 374 g/mol. The average molecular weight is 404 g/mol. The van der Waals surface area contributed by atoms with Crippen molar-refractivity contribution in [2.45, 2.75) is 63.5 Å². The van der Waals surface area contributed by atoms with Crippen LogP contribution in [0.15, 0.2) is 28.8 Å². The van der Waals surface area contributed by atoms with Gasteiger partial charge in [0.2, 0.25) is 21.7 Å². The molecule has 2 aromatic rings. The molecule has 1 aromatic carbocycles. The van der Waals surface area contributed by atoms with Crippen LogP contribution in [0.1, 0.15) is 56.4 Å². The van der Waals surface area contributed by atoms with Crippen LogP contribution in [0.25, 0.3) is 11.4 Å². The van der Waals surface area contributed by atoms with E-state index in [0.29, 0.717) is 31.2 Å². The molecule has 0 N–H and O–H groups in total. The zero-order valence-electron chi connectivity index (χ0n) is 16.5. The molecule has 152 valence electrons. The number of rotatable bonds is 5. The van der Waals surface area contributed by atoms with E-state index >= 15 is 0 Å². The molecule has 1 unspecified atom stereocenters. The fraction of sp³-hybridized carbons (Fsp3) is 0.619. The maximum absolute atomic E-state index is 13.0. The molecule has 0 radical (unpaired) electrons. The summed E-state index contributed by atoms with van der Waals surface area (Å²) in [7, 11) is -3.19. The number of hydrogen-bond donors (Lipinski definition) is 0. The third kappa shape index (κ3) is 4.15. The molecule has 0 bridgehead atoms. The van der Waals surface area contributed by atoms with Crippen molar-refractivity contribution in [3.05, 3.63) is 35.7 Å². The van der Waals surface area contributed by atoms with E-state index in [2.05, 4.69) is 10.1 Å². The molecule has 6 nitrogen and oxygen atoms in total. The minimum Gasteiger partial charge on any atom is -0.339 e. The van der Waals surface area contributed by atoms with Crippen LogP contribution in [0, 0.1) is 12.8 Å². The predicted molar refractivity (Wildman–Crippen MR) is 108 cm³/mol. The van der Waals surface area contributed by atoms with Crippen molar-refractivity contribution in [3.8, 4) is 11.4 Å². The van der Waals surface area contributed by atoms with E-state index < -0.39 is 10.0 Å². The Balaban J connectivity index is 1.42. The Morgan fingerprint density at radius 2 is 1.89 bits per heavy atom. The second-order valence-electron chi connectivity index (χ2n) is 8.20. The highest BCUT2D eigenvalue weighted by atomic mass is 32.2. The first kappa shape index (κ1) is 19.6. The Labute approximate surface area is 167 Å². The van der Waals surface area contributed by atoms with E-state index in [1.54, 1.807) is 4.31 Å². The van der Waals surface area contributed by atoms with Crippen LogP contribution >= 0.6 is 0 Å². The Morgan fingerprint density at radius 3 is 2.68 bits per heavy atom. The number of hydrogen-bond acceptors (Lipinski definition) is 5. The van der Waals surface area contributed by atoms with Gasteiger partial charge in [0.05, 0.1) is 5.25 Å². The normalized spacial score (nSPS) is 22.4. The van der Waals surface area contributed by atoms with Crippen LogP contribution in [0.2, 0.25) is 0 Å². The Hall–Kier alpha value is -1.73. The summed E-state index contributed by atoms with van der Waals surface area (Å²) >= 11 is 0. The zero-order chi connectivity index (χ0) is 19.6. The number of benzene rings is 1. The molecule has 0 spiro atoms. The quantitative estimate of drug-likeness (QED) is 0.755. The maximum atomic E-state index is 13.0. The van der Waals surface area contributed by atoms with E-state index in [1.165, 1.54) is 0 Å². The molecule has 1 aliphatic carbocycles. The molecular formula is C21H29N3O3S. The van der Waals surface area contributed by atoms with Crippen molar-refractivity contribution in [1.29, 1.82) is 0 Å². The van der Waals surface area contributed by atoms with Gasteiger partial charge in [0, 0.05) is 25.1 Å². The summed E-state index contributed by atoms with van der Waals surface area (Å²) < 4.78 is 33.3. The molecule has 2 heterocycles. The Kier molecular flexibility index (Phi) is 5.83. The van der Waals surface area contributed by atoms with E-state index in [-0.39, 0.29) is 11.2 Å². The van der Waals surface area contributed by atoms with Crippen LogP contribution < -0.4 is 0 Å². The van der Waals surface area contributed by atoms with Gasteiger partial charge in [0.15, 0.2) is 0 Å². The van der Waals surface area contributed by atoms with Gasteiger partial charge >= 0.3 is 0 Å². The number of aryl methyl sites for hydroxylation is 1. The minimum atomic E-state index is -3.19. The lowest BCUT2D eigenvalue weighted by atomic mass is 9.96. The van der Waals surface area contributed by atoms with Gasteiger partial charge in [0.25, 0.3) is 0 Å².